The van der Waals surface area contributed by atoms with Crippen LogP contribution >= 0.6 is 0 Å². The van der Waals surface area contributed by atoms with Gasteiger partial charge in [0.1, 0.15) is 6.04 Å². The zero-order valence-electron chi connectivity index (χ0n) is 12.8. The standard InChI is InChI=1S/C19H22N2O/c20-12-17-19(18(13-22)21-17)16-10-8-15(9-11-16)7-6-14-4-2-1-3-5-14/h8-11,14,17-19,21-22H,1-5,13H2/t17-,18+,19+/m0/s1. The third-order valence-electron chi connectivity index (χ3n) is 4.84. The lowest BCUT2D eigenvalue weighted by Gasteiger charge is -2.41. The van der Waals surface area contributed by atoms with Crippen LogP contribution in [0.4, 0.5) is 0 Å². The molecule has 2 fully saturated rings. The number of benzene rings is 1. The molecule has 1 saturated heterocycles. The van der Waals surface area contributed by atoms with Crippen LogP contribution in [0, 0.1) is 29.1 Å². The zero-order chi connectivity index (χ0) is 15.4. The summed E-state index contributed by atoms with van der Waals surface area (Å²) in [7, 11) is 0. The first-order valence-corrected chi connectivity index (χ1v) is 8.20. The predicted molar refractivity (Wildman–Crippen MR) is 86.0 cm³/mol. The molecule has 3 atom stereocenters. The average molecular weight is 294 g/mol. The fourth-order valence-corrected chi connectivity index (χ4v) is 3.48. The van der Waals surface area contributed by atoms with Gasteiger partial charge in [-0.25, -0.2) is 0 Å². The smallest absolute Gasteiger partial charge is 0.104 e. The molecule has 3 rings (SSSR count). The molecule has 3 heteroatoms. The molecule has 0 radical (unpaired) electrons. The molecular formula is C19H22N2O. The summed E-state index contributed by atoms with van der Waals surface area (Å²) in [6, 6.07) is 10.2. The van der Waals surface area contributed by atoms with Crippen molar-refractivity contribution in [2.45, 2.75) is 50.1 Å². The van der Waals surface area contributed by atoms with E-state index in [1.807, 2.05) is 24.3 Å². The molecule has 3 nitrogen and oxygen atoms in total. The fourth-order valence-electron chi connectivity index (χ4n) is 3.48. The van der Waals surface area contributed by atoms with E-state index in [2.05, 4.69) is 23.2 Å². The van der Waals surface area contributed by atoms with Gasteiger partial charge in [-0.2, -0.15) is 5.26 Å². The first kappa shape index (κ1) is 15.1. The first-order valence-electron chi connectivity index (χ1n) is 8.20. The molecule has 0 spiro atoms. The third kappa shape index (κ3) is 3.17. The number of rotatable bonds is 2. The second-order valence-electron chi connectivity index (χ2n) is 6.31. The minimum Gasteiger partial charge on any atom is -0.395 e. The van der Waals surface area contributed by atoms with Gasteiger partial charge in [0.05, 0.1) is 12.7 Å². The monoisotopic (exact) mass is 294 g/mol. The minimum absolute atomic E-state index is 0.0103. The van der Waals surface area contributed by atoms with Crippen LogP contribution in [0.3, 0.4) is 0 Å². The van der Waals surface area contributed by atoms with Gasteiger partial charge in [0.25, 0.3) is 0 Å². The van der Waals surface area contributed by atoms with Gasteiger partial charge < -0.3 is 5.11 Å². The molecule has 0 unspecified atom stereocenters. The number of nitrogens with one attached hydrogen (secondary N) is 1. The Kier molecular flexibility index (Phi) is 4.78. The van der Waals surface area contributed by atoms with Gasteiger partial charge in [0.2, 0.25) is 0 Å². The lowest BCUT2D eigenvalue weighted by molar-refractivity contribution is 0.151. The quantitative estimate of drug-likeness (QED) is 0.824. The third-order valence-corrected chi connectivity index (χ3v) is 4.84. The largest absolute Gasteiger partial charge is 0.395 e. The van der Waals surface area contributed by atoms with Gasteiger partial charge >= 0.3 is 0 Å². The molecule has 1 aliphatic carbocycles. The van der Waals surface area contributed by atoms with Crippen molar-refractivity contribution in [2.24, 2.45) is 5.92 Å². The summed E-state index contributed by atoms with van der Waals surface area (Å²) in [4.78, 5) is 0. The Hall–Kier alpha value is -1.81. The second kappa shape index (κ2) is 6.97. The van der Waals surface area contributed by atoms with E-state index < -0.39 is 0 Å². The Morgan fingerprint density at radius 3 is 2.50 bits per heavy atom. The van der Waals surface area contributed by atoms with Crippen LogP contribution in [-0.2, 0) is 0 Å². The van der Waals surface area contributed by atoms with Crippen LogP contribution in [0.1, 0.15) is 49.1 Å². The van der Waals surface area contributed by atoms with Crippen LogP contribution < -0.4 is 5.32 Å². The molecule has 0 amide bonds. The van der Waals surface area contributed by atoms with E-state index in [1.54, 1.807) is 0 Å². The summed E-state index contributed by atoms with van der Waals surface area (Å²) < 4.78 is 0. The maximum absolute atomic E-state index is 9.32. The van der Waals surface area contributed by atoms with Crippen molar-refractivity contribution in [3.8, 4) is 17.9 Å². The van der Waals surface area contributed by atoms with Crippen LogP contribution in [-0.4, -0.2) is 23.8 Å². The second-order valence-corrected chi connectivity index (χ2v) is 6.31. The fraction of sp³-hybridized carbons (Fsp3) is 0.526. The van der Waals surface area contributed by atoms with Crippen LogP contribution in [0.25, 0.3) is 0 Å². The average Bonchev–Trinajstić information content (AvgIpc) is 2.55. The minimum atomic E-state index is -0.198. The summed E-state index contributed by atoms with van der Waals surface area (Å²) in [6.45, 7) is 0.0616. The van der Waals surface area contributed by atoms with Crippen molar-refractivity contribution in [1.82, 2.24) is 5.32 Å². The zero-order valence-corrected chi connectivity index (χ0v) is 12.8. The normalized spacial score (nSPS) is 28.1. The topological polar surface area (TPSA) is 56.0 Å². The SMILES string of the molecule is N#C[C@@H]1N[C@H](CO)[C@@H]1c1ccc(C#CC2CCCCC2)cc1. The van der Waals surface area contributed by atoms with Crippen molar-refractivity contribution >= 4 is 0 Å². The van der Waals surface area contributed by atoms with Crippen molar-refractivity contribution in [1.29, 1.82) is 5.26 Å². The number of nitrogens with zero attached hydrogens (tertiary/aromatic N) is 1. The highest BCUT2D eigenvalue weighted by Gasteiger charge is 2.40. The molecule has 1 aliphatic heterocycles. The molecule has 1 aromatic carbocycles. The van der Waals surface area contributed by atoms with Crippen molar-refractivity contribution in [3.63, 3.8) is 0 Å². The predicted octanol–water partition coefficient (Wildman–Crippen LogP) is 2.56. The maximum atomic E-state index is 9.32. The summed E-state index contributed by atoms with van der Waals surface area (Å²) in [5, 5.41) is 21.5. The molecule has 0 bridgehead atoms. The molecule has 2 aliphatic rings. The number of nitriles is 1. The van der Waals surface area contributed by atoms with Crippen molar-refractivity contribution in [2.75, 3.05) is 6.61 Å². The molecule has 2 N–H and O–H groups in total. The highest BCUT2D eigenvalue weighted by molar-refractivity contribution is 5.40. The van der Waals surface area contributed by atoms with Crippen LogP contribution in [0.5, 0.6) is 0 Å². The molecule has 0 aromatic heterocycles. The lowest BCUT2D eigenvalue weighted by atomic mass is 9.78. The molecule has 1 saturated carbocycles. The highest BCUT2D eigenvalue weighted by atomic mass is 16.3. The number of hydrogen-bond donors (Lipinski definition) is 2. The van der Waals surface area contributed by atoms with Crippen LogP contribution in [0.15, 0.2) is 24.3 Å². The van der Waals surface area contributed by atoms with Gasteiger partial charge in [-0.1, -0.05) is 43.2 Å². The molecule has 22 heavy (non-hydrogen) atoms. The Morgan fingerprint density at radius 1 is 1.14 bits per heavy atom. The van der Waals surface area contributed by atoms with E-state index in [-0.39, 0.29) is 24.6 Å². The first-order chi connectivity index (χ1) is 10.8. The number of aliphatic hydroxyl groups excluding tert-OH is 1. The van der Waals surface area contributed by atoms with Gasteiger partial charge in [-0.05, 0) is 30.5 Å². The number of aliphatic hydroxyl groups is 1. The van der Waals surface area contributed by atoms with E-state index in [0.29, 0.717) is 5.92 Å². The van der Waals surface area contributed by atoms with Gasteiger partial charge in [0.15, 0.2) is 0 Å². The molecule has 1 aromatic rings. The highest BCUT2D eigenvalue weighted by Crippen LogP contribution is 2.31. The van der Waals surface area contributed by atoms with E-state index >= 15 is 0 Å². The van der Waals surface area contributed by atoms with E-state index in [0.717, 1.165) is 11.1 Å². The number of hydrogen-bond acceptors (Lipinski definition) is 3. The molecule has 1 heterocycles. The Balaban J connectivity index is 1.68. The van der Waals surface area contributed by atoms with Crippen molar-refractivity contribution in [3.05, 3.63) is 35.4 Å². The van der Waals surface area contributed by atoms with Gasteiger partial charge in [-0.15, -0.1) is 0 Å². The van der Waals surface area contributed by atoms with Crippen LogP contribution in [0.2, 0.25) is 0 Å². The summed E-state index contributed by atoms with van der Waals surface area (Å²) >= 11 is 0. The Morgan fingerprint density at radius 2 is 1.86 bits per heavy atom. The summed E-state index contributed by atoms with van der Waals surface area (Å²) in [5.41, 5.74) is 2.14. The summed E-state index contributed by atoms with van der Waals surface area (Å²) in [6.07, 6.45) is 6.45. The molecule has 114 valence electrons. The summed E-state index contributed by atoms with van der Waals surface area (Å²) in [5.74, 6) is 7.33. The maximum Gasteiger partial charge on any atom is 0.104 e. The lowest BCUT2D eigenvalue weighted by Crippen LogP contribution is -2.60. The van der Waals surface area contributed by atoms with Crippen molar-refractivity contribution < 1.29 is 5.11 Å². The Labute approximate surface area is 132 Å². The van der Waals surface area contributed by atoms with E-state index in [9.17, 15) is 5.11 Å². The molecular weight excluding hydrogens is 272 g/mol. The van der Waals surface area contributed by atoms with Gasteiger partial charge in [-0.3, -0.25) is 5.32 Å². The Bertz CT molecular complexity index is 599. The van der Waals surface area contributed by atoms with E-state index in [4.69, 9.17) is 5.26 Å². The van der Waals surface area contributed by atoms with E-state index in [1.165, 1.54) is 32.1 Å². The van der Waals surface area contributed by atoms with Gasteiger partial charge in [0, 0.05) is 23.4 Å².